The number of hydrogen-bond acceptors (Lipinski definition) is 5. The van der Waals surface area contributed by atoms with Crippen molar-refractivity contribution in [1.29, 1.82) is 0 Å². The SMILES string of the molecule is CCCCCCCCCC(=O)N[C@@H](Cc1ccccc1)C(=O)N[C@@H](CC(C)C)C(=O)N[C@H](C(=O)OCc1ccccc1)C(C)C. The summed E-state index contributed by atoms with van der Waals surface area (Å²) in [6.45, 7) is 9.89. The van der Waals surface area contributed by atoms with Crippen LogP contribution < -0.4 is 16.0 Å². The summed E-state index contributed by atoms with van der Waals surface area (Å²) < 4.78 is 5.52. The van der Waals surface area contributed by atoms with Gasteiger partial charge in [-0.05, 0) is 35.8 Å². The number of ether oxygens (including phenoxy) is 1. The van der Waals surface area contributed by atoms with Gasteiger partial charge in [0.15, 0.2) is 0 Å². The Balaban J connectivity index is 2.08. The van der Waals surface area contributed by atoms with E-state index in [1.807, 2.05) is 88.4 Å². The van der Waals surface area contributed by atoms with Gasteiger partial charge in [0.25, 0.3) is 0 Å². The fourth-order valence-corrected chi connectivity index (χ4v) is 5.11. The molecule has 0 aliphatic heterocycles. The minimum Gasteiger partial charge on any atom is -0.459 e. The second kappa shape index (κ2) is 21.1. The van der Waals surface area contributed by atoms with E-state index >= 15 is 0 Å². The lowest BCUT2D eigenvalue weighted by molar-refractivity contribution is -0.150. The maximum atomic E-state index is 13.7. The summed E-state index contributed by atoms with van der Waals surface area (Å²) in [5, 5.41) is 8.65. The third kappa shape index (κ3) is 15.2. The van der Waals surface area contributed by atoms with Gasteiger partial charge in [0.05, 0.1) is 0 Å². The van der Waals surface area contributed by atoms with Crippen LogP contribution in [0, 0.1) is 11.8 Å². The summed E-state index contributed by atoms with van der Waals surface area (Å²) >= 11 is 0. The van der Waals surface area contributed by atoms with Crippen LogP contribution in [0.5, 0.6) is 0 Å². The lowest BCUT2D eigenvalue weighted by atomic mass is 9.99. The zero-order valence-electron chi connectivity index (χ0n) is 28.0. The largest absolute Gasteiger partial charge is 0.459 e. The van der Waals surface area contributed by atoms with Crippen molar-refractivity contribution in [2.24, 2.45) is 11.8 Å². The zero-order valence-corrected chi connectivity index (χ0v) is 28.0. The smallest absolute Gasteiger partial charge is 0.329 e. The molecule has 2 aromatic rings. The van der Waals surface area contributed by atoms with Crippen LogP contribution in [0.15, 0.2) is 60.7 Å². The van der Waals surface area contributed by atoms with Crippen molar-refractivity contribution in [2.45, 2.75) is 124 Å². The molecule has 0 heterocycles. The molecule has 0 aliphatic rings. The Hall–Kier alpha value is -3.68. The number of rotatable bonds is 21. The highest BCUT2D eigenvalue weighted by Crippen LogP contribution is 2.13. The quantitative estimate of drug-likeness (QED) is 0.112. The summed E-state index contributed by atoms with van der Waals surface area (Å²) in [7, 11) is 0. The van der Waals surface area contributed by atoms with Crippen LogP contribution in [-0.2, 0) is 36.9 Å². The van der Waals surface area contributed by atoms with Gasteiger partial charge in [0, 0.05) is 12.8 Å². The third-order valence-corrected chi connectivity index (χ3v) is 7.72. The zero-order chi connectivity index (χ0) is 33.0. The van der Waals surface area contributed by atoms with Gasteiger partial charge in [-0.25, -0.2) is 4.79 Å². The summed E-state index contributed by atoms with van der Waals surface area (Å²) in [4.78, 5) is 53.1. The molecule has 0 saturated carbocycles. The van der Waals surface area contributed by atoms with Gasteiger partial charge < -0.3 is 20.7 Å². The van der Waals surface area contributed by atoms with E-state index < -0.39 is 35.9 Å². The average Bonchev–Trinajstić information content (AvgIpc) is 3.01. The van der Waals surface area contributed by atoms with Crippen LogP contribution in [0.4, 0.5) is 0 Å². The maximum Gasteiger partial charge on any atom is 0.329 e. The molecule has 0 fully saturated rings. The van der Waals surface area contributed by atoms with Gasteiger partial charge in [0.1, 0.15) is 24.7 Å². The Morgan fingerprint density at radius 3 is 1.80 bits per heavy atom. The molecule has 0 unspecified atom stereocenters. The van der Waals surface area contributed by atoms with Crippen molar-refractivity contribution < 1.29 is 23.9 Å². The molecule has 0 aromatic heterocycles. The molecule has 0 spiro atoms. The van der Waals surface area contributed by atoms with Gasteiger partial charge in [0.2, 0.25) is 17.7 Å². The van der Waals surface area contributed by atoms with E-state index in [1.54, 1.807) is 0 Å². The molecular formula is C37H55N3O5. The van der Waals surface area contributed by atoms with Gasteiger partial charge in [-0.2, -0.15) is 0 Å². The molecular weight excluding hydrogens is 566 g/mol. The Bertz CT molecular complexity index is 1150. The number of carbonyl (C=O) groups is 4. The molecule has 0 radical (unpaired) electrons. The van der Waals surface area contributed by atoms with Crippen LogP contribution in [0.25, 0.3) is 0 Å². The van der Waals surface area contributed by atoms with Crippen LogP contribution in [0.1, 0.15) is 104 Å². The lowest BCUT2D eigenvalue weighted by Crippen LogP contribution is -2.57. The predicted molar refractivity (Wildman–Crippen MR) is 179 cm³/mol. The van der Waals surface area contributed by atoms with E-state index in [0.717, 1.165) is 30.4 Å². The first-order chi connectivity index (χ1) is 21.6. The average molecular weight is 622 g/mol. The van der Waals surface area contributed by atoms with Gasteiger partial charge in [-0.3, -0.25) is 14.4 Å². The Kier molecular flexibility index (Phi) is 17.6. The van der Waals surface area contributed by atoms with Crippen molar-refractivity contribution in [3.05, 3.63) is 71.8 Å². The van der Waals surface area contributed by atoms with Crippen LogP contribution in [-0.4, -0.2) is 41.8 Å². The fraction of sp³-hybridized carbons (Fsp3) is 0.568. The van der Waals surface area contributed by atoms with Crippen molar-refractivity contribution in [3.8, 4) is 0 Å². The highest BCUT2D eigenvalue weighted by molar-refractivity contribution is 5.93. The standard InChI is InChI=1S/C37H55N3O5/c1-6-7-8-9-10-11-18-23-33(41)38-32(25-29-19-14-12-15-20-29)35(42)39-31(24-27(2)3)36(43)40-34(28(4)5)37(44)45-26-30-21-16-13-17-22-30/h12-17,19-22,27-28,31-32,34H,6-11,18,23-26H2,1-5H3,(H,38,41)(H,39,42)(H,40,43)/t31-,32-,34-/m0/s1. The van der Waals surface area contributed by atoms with E-state index in [9.17, 15) is 19.2 Å². The molecule has 2 rings (SSSR count). The summed E-state index contributed by atoms with van der Waals surface area (Å²) in [6, 6.07) is 16.2. The van der Waals surface area contributed by atoms with E-state index in [1.165, 1.54) is 25.7 Å². The molecule has 8 heteroatoms. The summed E-state index contributed by atoms with van der Waals surface area (Å²) in [6.07, 6.45) is 8.71. The molecule has 3 amide bonds. The number of unbranched alkanes of at least 4 members (excludes halogenated alkanes) is 6. The molecule has 3 N–H and O–H groups in total. The molecule has 0 bridgehead atoms. The minimum atomic E-state index is -0.890. The Morgan fingerprint density at radius 2 is 1.22 bits per heavy atom. The Morgan fingerprint density at radius 1 is 0.667 bits per heavy atom. The highest BCUT2D eigenvalue weighted by atomic mass is 16.5. The monoisotopic (exact) mass is 621 g/mol. The van der Waals surface area contributed by atoms with Crippen molar-refractivity contribution in [3.63, 3.8) is 0 Å². The van der Waals surface area contributed by atoms with Gasteiger partial charge in [-0.15, -0.1) is 0 Å². The second-order valence-corrected chi connectivity index (χ2v) is 12.7. The summed E-state index contributed by atoms with van der Waals surface area (Å²) in [5.74, 6) is -1.74. The first-order valence-corrected chi connectivity index (χ1v) is 16.7. The normalized spacial score (nSPS) is 13.1. The molecule has 248 valence electrons. The number of nitrogens with one attached hydrogen (secondary N) is 3. The van der Waals surface area contributed by atoms with Crippen LogP contribution in [0.2, 0.25) is 0 Å². The highest BCUT2D eigenvalue weighted by Gasteiger charge is 2.32. The molecule has 0 aliphatic carbocycles. The van der Waals surface area contributed by atoms with E-state index in [2.05, 4.69) is 22.9 Å². The van der Waals surface area contributed by atoms with E-state index in [4.69, 9.17) is 4.74 Å². The molecule has 8 nitrogen and oxygen atoms in total. The number of amides is 3. The van der Waals surface area contributed by atoms with Crippen LogP contribution in [0.3, 0.4) is 0 Å². The number of carbonyl (C=O) groups excluding carboxylic acids is 4. The second-order valence-electron chi connectivity index (χ2n) is 12.7. The van der Waals surface area contributed by atoms with E-state index in [0.29, 0.717) is 19.3 Å². The van der Waals surface area contributed by atoms with Crippen molar-refractivity contribution in [1.82, 2.24) is 16.0 Å². The third-order valence-electron chi connectivity index (χ3n) is 7.72. The first-order valence-electron chi connectivity index (χ1n) is 16.7. The fourth-order valence-electron chi connectivity index (χ4n) is 5.11. The summed E-state index contributed by atoms with van der Waals surface area (Å²) in [5.41, 5.74) is 1.75. The first kappa shape index (κ1) is 37.5. The molecule has 45 heavy (non-hydrogen) atoms. The topological polar surface area (TPSA) is 114 Å². The lowest BCUT2D eigenvalue weighted by Gasteiger charge is -2.27. The number of hydrogen-bond donors (Lipinski definition) is 3. The minimum absolute atomic E-state index is 0.0862. The van der Waals surface area contributed by atoms with Crippen LogP contribution >= 0.6 is 0 Å². The maximum absolute atomic E-state index is 13.7. The Labute approximate surface area is 270 Å². The molecule has 3 atom stereocenters. The van der Waals surface area contributed by atoms with Gasteiger partial charge in [-0.1, -0.05) is 134 Å². The number of esters is 1. The van der Waals surface area contributed by atoms with Crippen molar-refractivity contribution >= 4 is 23.7 Å². The van der Waals surface area contributed by atoms with Gasteiger partial charge >= 0.3 is 5.97 Å². The molecule has 0 saturated heterocycles. The van der Waals surface area contributed by atoms with Crippen molar-refractivity contribution in [2.75, 3.05) is 0 Å². The predicted octanol–water partition coefficient (Wildman–Crippen LogP) is 6.27. The van der Waals surface area contributed by atoms with E-state index in [-0.39, 0.29) is 24.3 Å². The molecule has 2 aromatic carbocycles. The number of benzene rings is 2.